The monoisotopic (exact) mass is 484 g/mol. The Kier molecular flexibility index (Phi) is 8.03. The number of likely N-dealkylation sites (tertiary alicyclic amines) is 2. The second kappa shape index (κ2) is 9.49. The van der Waals surface area contributed by atoms with Gasteiger partial charge in [0.15, 0.2) is 0 Å². The number of piperidine rings is 2. The van der Waals surface area contributed by atoms with Crippen LogP contribution in [0.4, 0.5) is 0 Å². The van der Waals surface area contributed by atoms with E-state index in [0.29, 0.717) is 10.8 Å². The molecule has 2 atom stereocenters. The van der Waals surface area contributed by atoms with Gasteiger partial charge in [-0.15, -0.1) is 24.8 Å². The molecule has 28 heavy (non-hydrogen) atoms. The summed E-state index contributed by atoms with van der Waals surface area (Å²) in [5, 5.41) is 0. The molecule has 0 aromatic heterocycles. The quantitative estimate of drug-likeness (QED) is 0.521. The lowest BCUT2D eigenvalue weighted by atomic mass is 9.65. The minimum atomic E-state index is 0. The smallest absolute Gasteiger partial charge is 0.0245 e. The highest BCUT2D eigenvalue weighted by Crippen LogP contribution is 2.46. The lowest BCUT2D eigenvalue weighted by Crippen LogP contribution is -2.61. The zero-order valence-electron chi connectivity index (χ0n) is 16.7. The summed E-state index contributed by atoms with van der Waals surface area (Å²) in [4.78, 5) is 5.37. The van der Waals surface area contributed by atoms with E-state index in [9.17, 15) is 0 Å². The fourth-order valence-electron chi connectivity index (χ4n) is 5.56. The predicted octanol–water partition coefficient (Wildman–Crippen LogP) is 6.03. The molecule has 0 spiro atoms. The summed E-state index contributed by atoms with van der Waals surface area (Å²) >= 11 is 3.72. The number of nitrogens with zero attached hydrogens (tertiary/aromatic N) is 2. The largest absolute Gasteiger partial charge is 0.298 e. The van der Waals surface area contributed by atoms with Gasteiger partial charge in [-0.1, -0.05) is 78.3 Å². The molecule has 2 aromatic carbocycles. The van der Waals surface area contributed by atoms with Gasteiger partial charge < -0.3 is 0 Å². The lowest BCUT2D eigenvalue weighted by Gasteiger charge is -2.57. The third-order valence-corrected chi connectivity index (χ3v) is 6.65. The van der Waals surface area contributed by atoms with Crippen LogP contribution in [0, 0.1) is 10.8 Å². The summed E-state index contributed by atoms with van der Waals surface area (Å²) in [6.45, 7) is 11.9. The second-order valence-corrected chi connectivity index (χ2v) is 10.0. The van der Waals surface area contributed by atoms with E-state index in [1.54, 1.807) is 0 Å². The maximum atomic E-state index is 3.72. The van der Waals surface area contributed by atoms with Crippen LogP contribution in [-0.2, 0) is 13.1 Å². The van der Waals surface area contributed by atoms with Gasteiger partial charge in [0, 0.05) is 43.7 Å². The maximum Gasteiger partial charge on any atom is 0.0245 e. The SMILES string of the molecule is CC12CN(Cc3ccccc3)CC(C)(CN(Cc3ccccc3Br)C1)C2.Cl.Cl. The molecule has 2 saturated heterocycles. The third kappa shape index (κ3) is 5.52. The summed E-state index contributed by atoms with van der Waals surface area (Å²) in [7, 11) is 0. The number of hydrogen-bond acceptors (Lipinski definition) is 2. The zero-order valence-corrected chi connectivity index (χ0v) is 20.0. The number of rotatable bonds is 4. The standard InChI is InChI=1S/C23H29BrN2.2ClH/c1-22-14-23(2,16-25(15-22)12-19-8-4-3-5-9-19)18-26(17-22)13-20-10-6-7-11-21(20)24;;/h3-11H,12-18H2,1-2H3;2*1H. The molecule has 2 unspecified atom stereocenters. The highest BCUT2D eigenvalue weighted by molar-refractivity contribution is 9.10. The van der Waals surface area contributed by atoms with Crippen molar-refractivity contribution < 1.29 is 0 Å². The van der Waals surface area contributed by atoms with Crippen molar-refractivity contribution in [3.63, 3.8) is 0 Å². The van der Waals surface area contributed by atoms with E-state index < -0.39 is 0 Å². The normalized spacial score (nSPS) is 27.5. The maximum absolute atomic E-state index is 3.72. The number of fused-ring (bicyclic) bond motifs is 2. The first-order valence-corrected chi connectivity index (χ1v) is 10.4. The Morgan fingerprint density at radius 3 is 1.82 bits per heavy atom. The van der Waals surface area contributed by atoms with Crippen molar-refractivity contribution in [3.8, 4) is 0 Å². The minimum Gasteiger partial charge on any atom is -0.298 e. The average Bonchev–Trinajstić information content (AvgIpc) is 2.55. The second-order valence-electron chi connectivity index (χ2n) is 9.17. The van der Waals surface area contributed by atoms with Crippen LogP contribution in [0.3, 0.4) is 0 Å². The summed E-state index contributed by atoms with van der Waals surface area (Å²) in [5.74, 6) is 0. The number of hydrogen-bond donors (Lipinski definition) is 0. The molecular formula is C23H31BrCl2N2. The van der Waals surface area contributed by atoms with Crippen LogP contribution in [0.25, 0.3) is 0 Å². The Balaban J connectivity index is 0.00000140. The van der Waals surface area contributed by atoms with E-state index in [1.165, 1.54) is 48.2 Å². The summed E-state index contributed by atoms with van der Waals surface area (Å²) < 4.78 is 1.23. The summed E-state index contributed by atoms with van der Waals surface area (Å²) in [6.07, 6.45) is 1.34. The van der Waals surface area contributed by atoms with Gasteiger partial charge in [-0.05, 0) is 34.4 Å². The zero-order chi connectivity index (χ0) is 18.2. The first kappa shape index (κ1) is 23.7. The molecule has 2 heterocycles. The first-order valence-electron chi connectivity index (χ1n) is 9.65. The molecule has 2 bridgehead atoms. The molecule has 0 radical (unpaired) electrons. The van der Waals surface area contributed by atoms with Crippen LogP contribution in [0.5, 0.6) is 0 Å². The molecule has 5 heteroatoms. The predicted molar refractivity (Wildman–Crippen MR) is 126 cm³/mol. The highest BCUT2D eigenvalue weighted by atomic mass is 79.9. The van der Waals surface area contributed by atoms with E-state index in [-0.39, 0.29) is 24.8 Å². The van der Waals surface area contributed by atoms with Crippen LogP contribution in [0.15, 0.2) is 59.1 Å². The molecule has 0 aliphatic carbocycles. The van der Waals surface area contributed by atoms with E-state index in [4.69, 9.17) is 0 Å². The van der Waals surface area contributed by atoms with E-state index in [1.807, 2.05) is 0 Å². The Labute approximate surface area is 190 Å². The molecule has 0 N–H and O–H groups in total. The topological polar surface area (TPSA) is 6.48 Å². The summed E-state index contributed by atoms with van der Waals surface area (Å²) in [5.41, 5.74) is 3.59. The van der Waals surface area contributed by atoms with E-state index >= 15 is 0 Å². The van der Waals surface area contributed by atoms with Gasteiger partial charge >= 0.3 is 0 Å². The van der Waals surface area contributed by atoms with Crippen molar-refractivity contribution in [1.29, 1.82) is 0 Å². The Morgan fingerprint density at radius 1 is 0.750 bits per heavy atom. The van der Waals surface area contributed by atoms with E-state index in [2.05, 4.69) is 94.2 Å². The van der Waals surface area contributed by atoms with Gasteiger partial charge in [0.2, 0.25) is 0 Å². The molecule has 0 saturated carbocycles. The molecule has 2 aliphatic rings. The van der Waals surface area contributed by atoms with Crippen molar-refractivity contribution in [2.75, 3.05) is 26.2 Å². The van der Waals surface area contributed by atoms with Crippen molar-refractivity contribution in [3.05, 3.63) is 70.2 Å². The van der Waals surface area contributed by atoms with Gasteiger partial charge in [0.05, 0.1) is 0 Å². The van der Waals surface area contributed by atoms with Crippen LogP contribution in [0.2, 0.25) is 0 Å². The Hall–Kier alpha value is -0.580. The van der Waals surface area contributed by atoms with Crippen LogP contribution in [-0.4, -0.2) is 36.0 Å². The minimum absolute atomic E-state index is 0. The van der Waals surface area contributed by atoms with Crippen molar-refractivity contribution >= 4 is 40.7 Å². The van der Waals surface area contributed by atoms with Crippen molar-refractivity contribution in [2.24, 2.45) is 10.8 Å². The average molecular weight is 486 g/mol. The molecule has 2 aliphatic heterocycles. The van der Waals surface area contributed by atoms with Crippen LogP contribution < -0.4 is 0 Å². The van der Waals surface area contributed by atoms with Crippen LogP contribution >= 0.6 is 40.7 Å². The van der Waals surface area contributed by atoms with Gasteiger partial charge in [-0.3, -0.25) is 9.80 Å². The van der Waals surface area contributed by atoms with Gasteiger partial charge in [0.1, 0.15) is 0 Å². The molecule has 2 fully saturated rings. The molecule has 2 aromatic rings. The first-order chi connectivity index (χ1) is 12.4. The molecule has 154 valence electrons. The van der Waals surface area contributed by atoms with Gasteiger partial charge in [0.25, 0.3) is 0 Å². The number of benzene rings is 2. The van der Waals surface area contributed by atoms with Crippen molar-refractivity contribution in [2.45, 2.75) is 33.4 Å². The Morgan fingerprint density at radius 2 is 1.25 bits per heavy atom. The number of halogens is 3. The van der Waals surface area contributed by atoms with Crippen molar-refractivity contribution in [1.82, 2.24) is 9.80 Å². The van der Waals surface area contributed by atoms with Gasteiger partial charge in [-0.2, -0.15) is 0 Å². The summed E-state index contributed by atoms with van der Waals surface area (Å²) in [6, 6.07) is 19.6. The fourth-order valence-corrected chi connectivity index (χ4v) is 5.97. The van der Waals surface area contributed by atoms with Gasteiger partial charge in [-0.25, -0.2) is 0 Å². The fraction of sp³-hybridized carbons (Fsp3) is 0.478. The highest BCUT2D eigenvalue weighted by Gasteiger charge is 2.48. The molecule has 4 rings (SSSR count). The van der Waals surface area contributed by atoms with Crippen LogP contribution in [0.1, 0.15) is 31.4 Å². The third-order valence-electron chi connectivity index (χ3n) is 5.88. The van der Waals surface area contributed by atoms with E-state index in [0.717, 1.165) is 13.1 Å². The molecule has 2 nitrogen and oxygen atoms in total. The lowest BCUT2D eigenvalue weighted by molar-refractivity contribution is -0.0791. The molecule has 0 amide bonds. The Bertz CT molecular complexity index is 752. The molecular weight excluding hydrogens is 455 g/mol.